The lowest BCUT2D eigenvalue weighted by Gasteiger charge is -2.28. The molecule has 7 nitrogen and oxygen atoms in total. The Morgan fingerprint density at radius 3 is 2.59 bits per heavy atom. The van der Waals surface area contributed by atoms with Crippen LogP contribution < -0.4 is 16.0 Å². The van der Waals surface area contributed by atoms with Gasteiger partial charge in [-0.05, 0) is 55.7 Å². The normalized spacial score (nSPS) is 21.2. The first-order valence-corrected chi connectivity index (χ1v) is 13.0. The Labute approximate surface area is 202 Å². The van der Waals surface area contributed by atoms with Gasteiger partial charge in [-0.3, -0.25) is 0 Å². The maximum absolute atomic E-state index is 6.16. The molecular weight excluding hydrogens is 424 g/mol. The number of nitrogens with zero attached hydrogens (tertiary/aromatic N) is 4. The van der Waals surface area contributed by atoms with Crippen molar-refractivity contribution in [1.82, 2.24) is 14.5 Å². The first kappa shape index (κ1) is 23.1. The number of hydrogen-bond donors (Lipinski definition) is 2. The van der Waals surface area contributed by atoms with Crippen molar-refractivity contribution in [2.45, 2.75) is 58.0 Å². The van der Waals surface area contributed by atoms with Gasteiger partial charge in [-0.1, -0.05) is 25.5 Å². The number of nitrogens with two attached hydrogens (primary N) is 1. The van der Waals surface area contributed by atoms with Gasteiger partial charge in [0.2, 0.25) is 5.95 Å². The molecule has 1 aromatic carbocycles. The Morgan fingerprint density at radius 1 is 1.09 bits per heavy atom. The molecule has 3 N–H and O–H groups in total. The lowest BCUT2D eigenvalue weighted by molar-refractivity contribution is 0.122. The Bertz CT molecular complexity index is 1060. The van der Waals surface area contributed by atoms with Crippen molar-refractivity contribution in [1.29, 1.82) is 0 Å². The summed E-state index contributed by atoms with van der Waals surface area (Å²) in [4.78, 5) is 12.0. The van der Waals surface area contributed by atoms with Crippen LogP contribution in [0.1, 0.15) is 45.4 Å². The molecule has 0 spiro atoms. The van der Waals surface area contributed by atoms with Gasteiger partial charge in [0.05, 0.1) is 13.2 Å². The van der Waals surface area contributed by atoms with Gasteiger partial charge in [0.1, 0.15) is 5.65 Å². The number of morpholine rings is 1. The van der Waals surface area contributed by atoms with E-state index >= 15 is 0 Å². The molecule has 0 radical (unpaired) electrons. The highest BCUT2D eigenvalue weighted by molar-refractivity contribution is 5.94. The Balaban J connectivity index is 1.44. The SMILES string of the molecule is CCCCNc1ncc2c(-c3ccc(N4CCOCC4)cc3)cn(CC3CCC(N)CC3)c2n1. The first-order valence-electron chi connectivity index (χ1n) is 13.0. The maximum Gasteiger partial charge on any atom is 0.224 e. The quantitative estimate of drug-likeness (QED) is 0.474. The summed E-state index contributed by atoms with van der Waals surface area (Å²) < 4.78 is 7.86. The lowest BCUT2D eigenvalue weighted by atomic mass is 9.86. The molecule has 0 amide bonds. The summed E-state index contributed by atoms with van der Waals surface area (Å²) in [5.41, 5.74) is 10.9. The van der Waals surface area contributed by atoms with Gasteiger partial charge in [-0.15, -0.1) is 0 Å². The molecule has 1 saturated carbocycles. The molecule has 1 saturated heterocycles. The zero-order valence-electron chi connectivity index (χ0n) is 20.4. The fourth-order valence-electron chi connectivity index (χ4n) is 5.22. The van der Waals surface area contributed by atoms with Crippen LogP contribution in [0.3, 0.4) is 0 Å². The van der Waals surface area contributed by atoms with Gasteiger partial charge in [0, 0.05) is 61.3 Å². The lowest BCUT2D eigenvalue weighted by Crippen LogP contribution is -2.36. The first-order chi connectivity index (χ1) is 16.7. The largest absolute Gasteiger partial charge is 0.378 e. The highest BCUT2D eigenvalue weighted by Crippen LogP contribution is 2.33. The van der Waals surface area contributed by atoms with Crippen LogP contribution in [0.2, 0.25) is 0 Å². The van der Waals surface area contributed by atoms with Gasteiger partial charge in [0.25, 0.3) is 0 Å². The fraction of sp³-hybridized carbons (Fsp3) is 0.556. The topological polar surface area (TPSA) is 81.2 Å². The molecule has 5 rings (SSSR count). The molecule has 1 aliphatic carbocycles. The molecule has 34 heavy (non-hydrogen) atoms. The van der Waals surface area contributed by atoms with Gasteiger partial charge in [-0.2, -0.15) is 4.98 Å². The second-order valence-corrected chi connectivity index (χ2v) is 9.83. The molecule has 3 aromatic rings. The van der Waals surface area contributed by atoms with Crippen LogP contribution in [0.5, 0.6) is 0 Å². The zero-order valence-corrected chi connectivity index (χ0v) is 20.4. The van der Waals surface area contributed by atoms with Gasteiger partial charge in [0.15, 0.2) is 0 Å². The van der Waals surface area contributed by atoms with Gasteiger partial charge in [-0.25, -0.2) is 4.98 Å². The van der Waals surface area contributed by atoms with Crippen LogP contribution in [0.25, 0.3) is 22.2 Å². The summed E-state index contributed by atoms with van der Waals surface area (Å²) in [6.07, 6.45) is 11.2. The van der Waals surface area contributed by atoms with Crippen LogP contribution in [0, 0.1) is 5.92 Å². The van der Waals surface area contributed by atoms with Crippen molar-refractivity contribution in [2.75, 3.05) is 43.1 Å². The standard InChI is InChI=1S/C27H38N6O/c1-2-3-12-29-27-30-17-24-25(21-6-10-23(11-7-21)32-13-15-34-16-14-32)19-33(26(24)31-27)18-20-4-8-22(28)9-5-20/h6-7,10-11,17,19-20,22H,2-5,8-9,12-16,18,28H2,1H3,(H,29,30,31). The van der Waals surface area contributed by atoms with E-state index in [-0.39, 0.29) is 0 Å². The molecule has 2 fully saturated rings. The number of benzene rings is 1. The smallest absolute Gasteiger partial charge is 0.224 e. The Kier molecular flexibility index (Phi) is 7.30. The third-order valence-corrected chi connectivity index (χ3v) is 7.33. The number of rotatable bonds is 8. The minimum atomic E-state index is 0.370. The van der Waals surface area contributed by atoms with E-state index in [4.69, 9.17) is 15.5 Å². The van der Waals surface area contributed by atoms with Gasteiger partial charge < -0.3 is 25.3 Å². The van der Waals surface area contributed by atoms with E-state index in [0.29, 0.717) is 12.0 Å². The minimum absolute atomic E-state index is 0.370. The molecule has 7 heteroatoms. The fourth-order valence-corrected chi connectivity index (χ4v) is 5.22. The minimum Gasteiger partial charge on any atom is -0.378 e. The third kappa shape index (κ3) is 5.20. The molecule has 2 aliphatic rings. The van der Waals surface area contributed by atoms with Crippen molar-refractivity contribution in [3.63, 3.8) is 0 Å². The summed E-state index contributed by atoms with van der Waals surface area (Å²) in [6, 6.07) is 9.30. The maximum atomic E-state index is 6.16. The zero-order chi connectivity index (χ0) is 23.3. The number of unbranched alkanes of at least 4 members (excludes halogenated alkanes) is 1. The summed E-state index contributed by atoms with van der Waals surface area (Å²) >= 11 is 0. The highest BCUT2D eigenvalue weighted by Gasteiger charge is 2.21. The highest BCUT2D eigenvalue weighted by atomic mass is 16.5. The van der Waals surface area contributed by atoms with E-state index in [2.05, 4.69) is 57.2 Å². The monoisotopic (exact) mass is 462 g/mol. The van der Waals surface area contributed by atoms with Crippen molar-refractivity contribution in [3.8, 4) is 11.1 Å². The van der Waals surface area contributed by atoms with E-state index in [9.17, 15) is 0 Å². The van der Waals surface area contributed by atoms with E-state index in [1.807, 2.05) is 6.20 Å². The van der Waals surface area contributed by atoms with Crippen molar-refractivity contribution >= 4 is 22.7 Å². The third-order valence-electron chi connectivity index (χ3n) is 7.33. The summed E-state index contributed by atoms with van der Waals surface area (Å²) in [5, 5.41) is 4.52. The van der Waals surface area contributed by atoms with Crippen LogP contribution in [0.4, 0.5) is 11.6 Å². The van der Waals surface area contributed by atoms with E-state index in [0.717, 1.165) is 82.1 Å². The van der Waals surface area contributed by atoms with Crippen LogP contribution in [-0.4, -0.2) is 53.4 Å². The number of anilines is 2. The van der Waals surface area contributed by atoms with E-state index < -0.39 is 0 Å². The molecule has 0 unspecified atom stereocenters. The molecule has 2 aromatic heterocycles. The van der Waals surface area contributed by atoms with E-state index in [1.54, 1.807) is 0 Å². The number of hydrogen-bond acceptors (Lipinski definition) is 6. The molecule has 0 atom stereocenters. The van der Waals surface area contributed by atoms with E-state index in [1.165, 1.54) is 29.7 Å². The molecule has 0 bridgehead atoms. The van der Waals surface area contributed by atoms with Gasteiger partial charge >= 0.3 is 0 Å². The Hall–Kier alpha value is -2.64. The van der Waals surface area contributed by atoms with Crippen LogP contribution in [-0.2, 0) is 11.3 Å². The average Bonchev–Trinajstić information content (AvgIpc) is 3.24. The Morgan fingerprint density at radius 2 is 1.85 bits per heavy atom. The average molecular weight is 463 g/mol. The number of fused-ring (bicyclic) bond motifs is 1. The molecule has 1 aliphatic heterocycles. The van der Waals surface area contributed by atoms with Crippen molar-refractivity contribution in [2.24, 2.45) is 11.7 Å². The summed E-state index contributed by atoms with van der Waals surface area (Å²) in [7, 11) is 0. The number of aromatic nitrogens is 3. The second kappa shape index (κ2) is 10.7. The molecule has 3 heterocycles. The molecular formula is C27H38N6O. The summed E-state index contributed by atoms with van der Waals surface area (Å²) in [5.74, 6) is 1.37. The second-order valence-electron chi connectivity index (χ2n) is 9.83. The molecule has 182 valence electrons. The number of ether oxygens (including phenoxy) is 1. The predicted octanol–water partition coefficient (Wildman–Crippen LogP) is 4.66. The van der Waals surface area contributed by atoms with Crippen molar-refractivity contribution in [3.05, 3.63) is 36.7 Å². The van der Waals surface area contributed by atoms with Crippen LogP contribution >= 0.6 is 0 Å². The van der Waals surface area contributed by atoms with Crippen molar-refractivity contribution < 1.29 is 4.74 Å². The van der Waals surface area contributed by atoms with Crippen LogP contribution in [0.15, 0.2) is 36.7 Å². The predicted molar refractivity (Wildman–Crippen MR) is 139 cm³/mol. The summed E-state index contributed by atoms with van der Waals surface area (Å²) in [6.45, 7) is 7.58. The number of nitrogens with one attached hydrogen (secondary N) is 1.